The number of rotatable bonds is 7. The SMILES string of the molecule is CC(C(=O)NCCCN1CCNCC1)n1nnc(-c2ccccc2)n1. The molecule has 1 aromatic carbocycles. The van der Waals surface area contributed by atoms with Gasteiger partial charge in [0.2, 0.25) is 11.7 Å². The number of hydrogen-bond acceptors (Lipinski definition) is 6. The van der Waals surface area contributed by atoms with Crippen LogP contribution >= 0.6 is 0 Å². The molecule has 0 radical (unpaired) electrons. The van der Waals surface area contributed by atoms with Gasteiger partial charge in [-0.2, -0.15) is 4.80 Å². The molecule has 2 heterocycles. The fourth-order valence-electron chi connectivity index (χ4n) is 2.79. The first-order valence-electron chi connectivity index (χ1n) is 8.80. The monoisotopic (exact) mass is 343 g/mol. The number of benzene rings is 1. The summed E-state index contributed by atoms with van der Waals surface area (Å²) in [7, 11) is 0. The molecule has 0 aliphatic carbocycles. The van der Waals surface area contributed by atoms with Crippen LogP contribution in [0.5, 0.6) is 0 Å². The van der Waals surface area contributed by atoms with E-state index in [-0.39, 0.29) is 5.91 Å². The van der Waals surface area contributed by atoms with E-state index >= 15 is 0 Å². The second-order valence-electron chi connectivity index (χ2n) is 6.21. The predicted molar refractivity (Wildman–Crippen MR) is 94.9 cm³/mol. The zero-order chi connectivity index (χ0) is 17.5. The van der Waals surface area contributed by atoms with E-state index in [0.29, 0.717) is 12.4 Å². The number of nitrogens with one attached hydrogen (secondary N) is 2. The van der Waals surface area contributed by atoms with Crippen LogP contribution in [0.25, 0.3) is 11.4 Å². The van der Waals surface area contributed by atoms with Gasteiger partial charge in [-0.1, -0.05) is 30.3 Å². The molecule has 0 spiro atoms. The summed E-state index contributed by atoms with van der Waals surface area (Å²) in [5, 5.41) is 18.7. The molecule has 3 rings (SSSR count). The summed E-state index contributed by atoms with van der Waals surface area (Å²) in [6.07, 6.45) is 0.943. The van der Waals surface area contributed by atoms with Crippen molar-refractivity contribution in [3.05, 3.63) is 30.3 Å². The van der Waals surface area contributed by atoms with Crippen molar-refractivity contribution in [2.24, 2.45) is 0 Å². The molecule has 2 N–H and O–H groups in total. The van der Waals surface area contributed by atoms with Gasteiger partial charge in [-0.3, -0.25) is 4.79 Å². The maximum atomic E-state index is 12.3. The number of carbonyl (C=O) groups is 1. The molecule has 25 heavy (non-hydrogen) atoms. The summed E-state index contributed by atoms with van der Waals surface area (Å²) < 4.78 is 0. The van der Waals surface area contributed by atoms with Crippen molar-refractivity contribution in [3.8, 4) is 11.4 Å². The standard InChI is InChI=1S/C17H25N7O/c1-14(17(25)19-8-5-11-23-12-9-18-10-13-23)24-21-16(20-22-24)15-6-3-2-4-7-15/h2-4,6-7,14,18H,5,8-13H2,1H3,(H,19,25). The fraction of sp³-hybridized carbons (Fsp3) is 0.529. The number of aromatic nitrogens is 4. The van der Waals surface area contributed by atoms with Crippen molar-refractivity contribution in [2.75, 3.05) is 39.3 Å². The molecule has 1 saturated heterocycles. The molecule has 1 unspecified atom stereocenters. The first kappa shape index (κ1) is 17.5. The molecule has 1 aliphatic rings. The van der Waals surface area contributed by atoms with Crippen LogP contribution in [-0.4, -0.2) is 70.3 Å². The Morgan fingerprint density at radius 2 is 2.04 bits per heavy atom. The summed E-state index contributed by atoms with van der Waals surface area (Å²) >= 11 is 0. The third-order valence-corrected chi connectivity index (χ3v) is 4.35. The van der Waals surface area contributed by atoms with Crippen LogP contribution in [0.2, 0.25) is 0 Å². The van der Waals surface area contributed by atoms with Crippen LogP contribution in [0.3, 0.4) is 0 Å². The molecule has 1 atom stereocenters. The molecular formula is C17H25N7O. The maximum absolute atomic E-state index is 12.3. The van der Waals surface area contributed by atoms with E-state index in [1.807, 2.05) is 30.3 Å². The number of carbonyl (C=O) groups excluding carboxylic acids is 1. The van der Waals surface area contributed by atoms with Gasteiger partial charge in [0.05, 0.1) is 0 Å². The minimum Gasteiger partial charge on any atom is -0.354 e. The average Bonchev–Trinajstić information content (AvgIpc) is 3.16. The summed E-state index contributed by atoms with van der Waals surface area (Å²) in [4.78, 5) is 16.1. The topological polar surface area (TPSA) is 88.0 Å². The third-order valence-electron chi connectivity index (χ3n) is 4.35. The second-order valence-corrected chi connectivity index (χ2v) is 6.21. The molecule has 1 amide bonds. The van der Waals surface area contributed by atoms with E-state index in [9.17, 15) is 4.79 Å². The van der Waals surface area contributed by atoms with Crippen LogP contribution in [0.1, 0.15) is 19.4 Å². The smallest absolute Gasteiger partial charge is 0.246 e. The number of piperazine rings is 1. The van der Waals surface area contributed by atoms with Gasteiger partial charge in [-0.15, -0.1) is 10.2 Å². The Labute approximate surface area is 147 Å². The first-order valence-corrected chi connectivity index (χ1v) is 8.80. The van der Waals surface area contributed by atoms with Gasteiger partial charge in [0.25, 0.3) is 0 Å². The largest absolute Gasteiger partial charge is 0.354 e. The van der Waals surface area contributed by atoms with Gasteiger partial charge < -0.3 is 15.5 Å². The van der Waals surface area contributed by atoms with Gasteiger partial charge >= 0.3 is 0 Å². The van der Waals surface area contributed by atoms with Gasteiger partial charge in [0.15, 0.2) is 0 Å². The maximum Gasteiger partial charge on any atom is 0.246 e. The molecule has 134 valence electrons. The Morgan fingerprint density at radius 1 is 1.28 bits per heavy atom. The summed E-state index contributed by atoms with van der Waals surface area (Å²) in [6, 6.07) is 9.13. The van der Waals surface area contributed by atoms with E-state index < -0.39 is 6.04 Å². The number of tetrazole rings is 1. The lowest BCUT2D eigenvalue weighted by Crippen LogP contribution is -2.44. The lowest BCUT2D eigenvalue weighted by atomic mass is 10.2. The van der Waals surface area contributed by atoms with Gasteiger partial charge in [-0.25, -0.2) is 0 Å². The lowest BCUT2D eigenvalue weighted by molar-refractivity contribution is -0.124. The molecule has 8 nitrogen and oxygen atoms in total. The van der Waals surface area contributed by atoms with Gasteiger partial charge in [-0.05, 0) is 25.1 Å². The molecular weight excluding hydrogens is 318 g/mol. The minimum absolute atomic E-state index is 0.0858. The van der Waals surface area contributed by atoms with Crippen LogP contribution < -0.4 is 10.6 Å². The molecule has 1 fully saturated rings. The van der Waals surface area contributed by atoms with Crippen molar-refractivity contribution in [3.63, 3.8) is 0 Å². The van der Waals surface area contributed by atoms with Crippen molar-refractivity contribution < 1.29 is 4.79 Å². The van der Waals surface area contributed by atoms with Crippen LogP contribution in [0.4, 0.5) is 0 Å². The molecule has 1 aromatic heterocycles. The summed E-state index contributed by atoms with van der Waals surface area (Å²) in [5.41, 5.74) is 0.886. The van der Waals surface area contributed by atoms with Gasteiger partial charge in [0.1, 0.15) is 6.04 Å². The first-order chi connectivity index (χ1) is 12.2. The van der Waals surface area contributed by atoms with Gasteiger partial charge in [0, 0.05) is 38.3 Å². The van der Waals surface area contributed by atoms with E-state index in [4.69, 9.17) is 0 Å². The molecule has 1 aliphatic heterocycles. The van der Waals surface area contributed by atoms with Crippen LogP contribution in [-0.2, 0) is 4.79 Å². The Kier molecular flexibility index (Phi) is 6.08. The fourth-order valence-corrected chi connectivity index (χ4v) is 2.79. The zero-order valence-electron chi connectivity index (χ0n) is 14.6. The second kappa shape index (κ2) is 8.68. The highest BCUT2D eigenvalue weighted by atomic mass is 16.2. The molecule has 0 saturated carbocycles. The molecule has 2 aromatic rings. The van der Waals surface area contributed by atoms with E-state index in [1.54, 1.807) is 6.92 Å². The summed E-state index contributed by atoms with van der Waals surface area (Å²) in [5.74, 6) is 0.441. The molecule has 8 heteroatoms. The Bertz CT molecular complexity index is 667. The van der Waals surface area contributed by atoms with E-state index in [0.717, 1.165) is 44.7 Å². The number of nitrogens with zero attached hydrogens (tertiary/aromatic N) is 5. The Morgan fingerprint density at radius 3 is 2.80 bits per heavy atom. The zero-order valence-corrected chi connectivity index (χ0v) is 14.6. The number of amides is 1. The van der Waals surface area contributed by atoms with Crippen molar-refractivity contribution in [1.29, 1.82) is 0 Å². The third kappa shape index (κ3) is 4.83. The highest BCUT2D eigenvalue weighted by Crippen LogP contribution is 2.13. The highest BCUT2D eigenvalue weighted by molar-refractivity contribution is 5.79. The molecule has 0 bridgehead atoms. The Hall–Kier alpha value is -2.32. The van der Waals surface area contributed by atoms with Crippen molar-refractivity contribution in [2.45, 2.75) is 19.4 Å². The predicted octanol–water partition coefficient (Wildman–Crippen LogP) is 0.313. The van der Waals surface area contributed by atoms with Crippen LogP contribution in [0.15, 0.2) is 30.3 Å². The lowest BCUT2D eigenvalue weighted by Gasteiger charge is -2.27. The average molecular weight is 343 g/mol. The minimum atomic E-state index is -0.482. The van der Waals surface area contributed by atoms with E-state index in [2.05, 4.69) is 30.9 Å². The Balaban J connectivity index is 1.45. The highest BCUT2D eigenvalue weighted by Gasteiger charge is 2.18. The van der Waals surface area contributed by atoms with Crippen molar-refractivity contribution >= 4 is 5.91 Å². The van der Waals surface area contributed by atoms with E-state index in [1.165, 1.54) is 4.80 Å². The van der Waals surface area contributed by atoms with Crippen molar-refractivity contribution in [1.82, 2.24) is 35.7 Å². The van der Waals surface area contributed by atoms with Crippen LogP contribution in [0, 0.1) is 0 Å². The normalized spacial score (nSPS) is 16.5. The number of hydrogen-bond donors (Lipinski definition) is 2. The summed E-state index contributed by atoms with van der Waals surface area (Å²) in [6.45, 7) is 7.70. The quantitative estimate of drug-likeness (QED) is 0.704.